The Hall–Kier alpha value is -3.69. The lowest BCUT2D eigenvalue weighted by molar-refractivity contribution is -0.143. The second kappa shape index (κ2) is 10.7. The predicted molar refractivity (Wildman–Crippen MR) is 141 cm³/mol. The quantitative estimate of drug-likeness (QED) is 0.349. The molecule has 0 unspecified atom stereocenters. The average molecular weight is 541 g/mol. The molecule has 0 saturated carbocycles. The van der Waals surface area contributed by atoms with Crippen LogP contribution >= 0.6 is 22.9 Å². The van der Waals surface area contributed by atoms with Gasteiger partial charge in [0.05, 0.1) is 35.1 Å². The fraction of sp³-hybridized carbons (Fsp3) is 0.259. The number of benzene rings is 2. The number of thiazole rings is 1. The average Bonchev–Trinajstić information content (AvgIpc) is 3.13. The molecule has 0 spiro atoms. The topological polar surface area (TPSA) is 96.2 Å². The van der Waals surface area contributed by atoms with Gasteiger partial charge in [-0.05, 0) is 62.2 Å². The minimum Gasteiger partial charge on any atom is -0.493 e. The number of allylic oxidation sites excluding steroid dienone is 1. The molecule has 0 aliphatic carbocycles. The molecule has 8 nitrogen and oxygen atoms in total. The number of fused-ring (bicyclic) bond motifs is 1. The van der Waals surface area contributed by atoms with Crippen LogP contribution in [0.4, 0.5) is 0 Å². The van der Waals surface area contributed by atoms with Gasteiger partial charge in [0.25, 0.3) is 5.56 Å². The lowest BCUT2D eigenvalue weighted by Crippen LogP contribution is -2.40. The molecule has 3 aromatic rings. The minimum absolute atomic E-state index is 0.278. The number of carbonyl (C=O) groups excluding carboxylic acids is 2. The zero-order valence-electron chi connectivity index (χ0n) is 20.9. The summed E-state index contributed by atoms with van der Waals surface area (Å²) in [5.74, 6) is -0.370. The number of rotatable bonds is 6. The summed E-state index contributed by atoms with van der Waals surface area (Å²) in [5.41, 5.74) is 1.83. The first-order valence-corrected chi connectivity index (χ1v) is 12.6. The lowest BCUT2D eigenvalue weighted by Gasteiger charge is -2.25. The van der Waals surface area contributed by atoms with Crippen molar-refractivity contribution in [2.75, 3.05) is 7.11 Å². The molecule has 0 radical (unpaired) electrons. The largest absolute Gasteiger partial charge is 0.493 e. The van der Waals surface area contributed by atoms with Crippen LogP contribution in [0.1, 0.15) is 44.9 Å². The smallest absolute Gasteiger partial charge is 0.338 e. The van der Waals surface area contributed by atoms with Gasteiger partial charge in [-0.15, -0.1) is 0 Å². The molecule has 4 rings (SSSR count). The standard InChI is InChI=1S/C27H25ClN2O6S/c1-14(2)35-26(33)23-15(3)29-27-30(24(23)18-7-9-19(28)10-8-18)25(32)22(37-27)13-17-6-11-20(36-16(4)31)21(12-17)34-5/h6-14,24H,1-5H3/b22-13-/t24-/m0/s1. The van der Waals surface area contributed by atoms with E-state index in [2.05, 4.69) is 4.99 Å². The van der Waals surface area contributed by atoms with Gasteiger partial charge in [-0.25, -0.2) is 9.79 Å². The summed E-state index contributed by atoms with van der Waals surface area (Å²) in [5, 5.41) is 0.536. The van der Waals surface area contributed by atoms with Crippen LogP contribution in [0.3, 0.4) is 0 Å². The molecule has 0 bridgehead atoms. The molecule has 10 heteroatoms. The Morgan fingerprint density at radius 2 is 1.84 bits per heavy atom. The van der Waals surface area contributed by atoms with Crippen LogP contribution in [0.15, 0.2) is 63.5 Å². The van der Waals surface area contributed by atoms with Gasteiger partial charge >= 0.3 is 11.9 Å². The van der Waals surface area contributed by atoms with E-state index in [4.69, 9.17) is 25.8 Å². The Bertz CT molecular complexity index is 1580. The van der Waals surface area contributed by atoms with Crippen molar-refractivity contribution in [2.24, 2.45) is 4.99 Å². The zero-order chi connectivity index (χ0) is 26.9. The number of hydrogen-bond acceptors (Lipinski definition) is 8. The number of ether oxygens (including phenoxy) is 3. The monoisotopic (exact) mass is 540 g/mol. The molecule has 2 aromatic carbocycles. The van der Waals surface area contributed by atoms with E-state index < -0.39 is 18.0 Å². The van der Waals surface area contributed by atoms with Crippen molar-refractivity contribution in [1.29, 1.82) is 0 Å². The highest BCUT2D eigenvalue weighted by Gasteiger charge is 2.33. The van der Waals surface area contributed by atoms with Gasteiger partial charge in [-0.3, -0.25) is 14.2 Å². The summed E-state index contributed by atoms with van der Waals surface area (Å²) in [7, 11) is 1.46. The van der Waals surface area contributed by atoms with E-state index in [1.165, 1.54) is 29.9 Å². The number of aromatic nitrogens is 1. The first-order chi connectivity index (χ1) is 17.6. The Labute approximate surface area is 222 Å². The van der Waals surface area contributed by atoms with E-state index in [0.717, 1.165) is 0 Å². The molecule has 0 amide bonds. The normalized spacial score (nSPS) is 15.3. The maximum Gasteiger partial charge on any atom is 0.338 e. The molecule has 192 valence electrons. The van der Waals surface area contributed by atoms with E-state index in [-0.39, 0.29) is 17.4 Å². The second-order valence-corrected chi connectivity index (χ2v) is 10.0. The molecule has 1 aliphatic heterocycles. The molecule has 0 saturated heterocycles. The molecule has 1 aromatic heterocycles. The molecule has 37 heavy (non-hydrogen) atoms. The third kappa shape index (κ3) is 5.52. The predicted octanol–water partition coefficient (Wildman–Crippen LogP) is 3.77. The van der Waals surface area contributed by atoms with Crippen LogP contribution in [-0.2, 0) is 14.3 Å². The van der Waals surface area contributed by atoms with Crippen molar-refractivity contribution in [3.63, 3.8) is 0 Å². The van der Waals surface area contributed by atoms with Gasteiger partial charge in [0.15, 0.2) is 16.3 Å². The summed E-state index contributed by atoms with van der Waals surface area (Å²) in [6.45, 7) is 6.57. The van der Waals surface area contributed by atoms with Crippen LogP contribution in [0.2, 0.25) is 5.02 Å². The maximum atomic E-state index is 13.7. The number of methoxy groups -OCH3 is 1. The number of nitrogens with zero attached hydrogens (tertiary/aromatic N) is 2. The summed E-state index contributed by atoms with van der Waals surface area (Å²) >= 11 is 7.31. The highest BCUT2D eigenvalue weighted by Crippen LogP contribution is 2.32. The van der Waals surface area contributed by atoms with Crippen LogP contribution in [0.5, 0.6) is 11.5 Å². The third-order valence-electron chi connectivity index (χ3n) is 5.51. The van der Waals surface area contributed by atoms with Gasteiger partial charge in [0.2, 0.25) is 0 Å². The Morgan fingerprint density at radius 1 is 1.14 bits per heavy atom. The van der Waals surface area contributed by atoms with Gasteiger partial charge in [0.1, 0.15) is 0 Å². The molecular formula is C27H25ClN2O6S. The Morgan fingerprint density at radius 3 is 2.46 bits per heavy atom. The van der Waals surface area contributed by atoms with Gasteiger partial charge in [0, 0.05) is 11.9 Å². The molecule has 0 fully saturated rings. The SMILES string of the molecule is COc1cc(/C=c2\sc3n(c2=O)[C@@H](c2ccc(Cl)cc2)C(C(=O)OC(C)C)=C(C)N=3)ccc1OC(C)=O. The van der Waals surface area contributed by atoms with Crippen molar-refractivity contribution >= 4 is 41.0 Å². The van der Waals surface area contributed by atoms with Crippen molar-refractivity contribution in [3.8, 4) is 11.5 Å². The number of halogens is 1. The molecule has 1 atom stereocenters. The van der Waals surface area contributed by atoms with Gasteiger partial charge in [-0.2, -0.15) is 0 Å². The summed E-state index contributed by atoms with van der Waals surface area (Å²) in [4.78, 5) is 43.2. The van der Waals surface area contributed by atoms with Crippen molar-refractivity contribution in [1.82, 2.24) is 4.57 Å². The summed E-state index contributed by atoms with van der Waals surface area (Å²) in [6.07, 6.45) is 1.36. The van der Waals surface area contributed by atoms with E-state index >= 15 is 0 Å². The van der Waals surface area contributed by atoms with Crippen molar-refractivity contribution in [3.05, 3.63) is 89.6 Å². The van der Waals surface area contributed by atoms with E-state index in [1.807, 2.05) is 0 Å². The highest BCUT2D eigenvalue weighted by atomic mass is 35.5. The fourth-order valence-corrected chi connectivity index (χ4v) is 5.16. The lowest BCUT2D eigenvalue weighted by atomic mass is 9.96. The first-order valence-electron chi connectivity index (χ1n) is 11.4. The van der Waals surface area contributed by atoms with Crippen molar-refractivity contribution in [2.45, 2.75) is 39.8 Å². The van der Waals surface area contributed by atoms with E-state index in [1.54, 1.807) is 69.3 Å². The third-order valence-corrected chi connectivity index (χ3v) is 6.74. The molecular weight excluding hydrogens is 516 g/mol. The van der Waals surface area contributed by atoms with E-state index in [0.29, 0.717) is 42.5 Å². The van der Waals surface area contributed by atoms with Gasteiger partial charge in [-0.1, -0.05) is 41.1 Å². The highest BCUT2D eigenvalue weighted by molar-refractivity contribution is 7.07. The Kier molecular flexibility index (Phi) is 7.65. The fourth-order valence-electron chi connectivity index (χ4n) is 3.99. The van der Waals surface area contributed by atoms with Crippen LogP contribution in [-0.4, -0.2) is 29.7 Å². The van der Waals surface area contributed by atoms with E-state index in [9.17, 15) is 14.4 Å². The number of carbonyl (C=O) groups is 2. The summed E-state index contributed by atoms with van der Waals surface area (Å²) < 4.78 is 17.9. The molecule has 0 N–H and O–H groups in total. The minimum atomic E-state index is -0.734. The molecule has 2 heterocycles. The number of hydrogen-bond donors (Lipinski definition) is 0. The second-order valence-electron chi connectivity index (χ2n) is 8.59. The maximum absolute atomic E-state index is 13.7. The van der Waals surface area contributed by atoms with Crippen molar-refractivity contribution < 1.29 is 23.8 Å². The van der Waals surface area contributed by atoms with Crippen LogP contribution in [0.25, 0.3) is 6.08 Å². The van der Waals surface area contributed by atoms with Gasteiger partial charge < -0.3 is 14.2 Å². The first kappa shape index (κ1) is 26.4. The number of esters is 2. The zero-order valence-corrected chi connectivity index (χ0v) is 22.5. The van der Waals surface area contributed by atoms with Crippen LogP contribution < -0.4 is 24.4 Å². The summed E-state index contributed by atoms with van der Waals surface area (Å²) in [6, 6.07) is 11.2. The Balaban J connectivity index is 1.88. The molecule has 1 aliphatic rings. The van der Waals surface area contributed by atoms with Crippen LogP contribution in [0, 0.1) is 0 Å².